The number of carbonyl (C=O) groups excluding carboxylic acids is 1. The number of amides is 1. The van der Waals surface area contributed by atoms with Gasteiger partial charge in [-0.2, -0.15) is 0 Å². The second-order valence-corrected chi connectivity index (χ2v) is 4.90. The number of hydrogen-bond donors (Lipinski definition) is 1. The van der Waals surface area contributed by atoms with Crippen LogP contribution in [-0.2, 0) is 0 Å². The lowest BCUT2D eigenvalue weighted by atomic mass is 10.2. The second kappa shape index (κ2) is 6.11. The van der Waals surface area contributed by atoms with Crippen LogP contribution in [0.15, 0.2) is 30.5 Å². The van der Waals surface area contributed by atoms with Crippen LogP contribution in [0.2, 0.25) is 10.2 Å². The first-order valence-electron chi connectivity index (χ1n) is 5.78. The molecule has 1 heterocycles. The summed E-state index contributed by atoms with van der Waals surface area (Å²) < 4.78 is 5.16. The van der Waals surface area contributed by atoms with Crippen LogP contribution in [-0.4, -0.2) is 18.0 Å². The lowest BCUT2D eigenvalue weighted by Gasteiger charge is -2.09. The number of ether oxygens (including phenoxy) is 1. The number of nitrogens with zero attached hydrogens (tertiary/aromatic N) is 1. The Morgan fingerprint density at radius 3 is 2.65 bits per heavy atom. The monoisotopic (exact) mass is 310 g/mol. The van der Waals surface area contributed by atoms with E-state index in [2.05, 4.69) is 10.3 Å². The lowest BCUT2D eigenvalue weighted by molar-refractivity contribution is 0.102. The van der Waals surface area contributed by atoms with Crippen molar-refractivity contribution in [3.8, 4) is 5.75 Å². The van der Waals surface area contributed by atoms with Gasteiger partial charge in [0.1, 0.15) is 10.9 Å². The van der Waals surface area contributed by atoms with E-state index in [1.165, 1.54) is 12.3 Å². The highest BCUT2D eigenvalue weighted by Crippen LogP contribution is 2.23. The molecular weight excluding hydrogens is 299 g/mol. The number of carbonyl (C=O) groups is 1. The molecule has 0 aliphatic rings. The SMILES string of the molecule is COc1ccc(NC(=O)c2cnc(Cl)c(Cl)c2)cc1C. The molecule has 104 valence electrons. The minimum atomic E-state index is -0.305. The molecule has 0 saturated heterocycles. The summed E-state index contributed by atoms with van der Waals surface area (Å²) in [6.45, 7) is 1.90. The standard InChI is InChI=1S/C14H12Cl2N2O2/c1-8-5-10(3-4-12(8)20-2)18-14(19)9-6-11(15)13(16)17-7-9/h3-7H,1-2H3,(H,18,19). The third-order valence-corrected chi connectivity index (χ3v) is 3.40. The summed E-state index contributed by atoms with van der Waals surface area (Å²) in [7, 11) is 1.60. The largest absolute Gasteiger partial charge is 0.496 e. The molecule has 0 spiro atoms. The van der Waals surface area contributed by atoms with Crippen molar-refractivity contribution in [2.24, 2.45) is 0 Å². The van der Waals surface area contributed by atoms with Gasteiger partial charge in [0.25, 0.3) is 5.91 Å². The van der Waals surface area contributed by atoms with Crippen LogP contribution in [0.4, 0.5) is 5.69 Å². The number of hydrogen-bond acceptors (Lipinski definition) is 3. The van der Waals surface area contributed by atoms with Gasteiger partial charge in [0.15, 0.2) is 0 Å². The number of pyridine rings is 1. The summed E-state index contributed by atoms with van der Waals surface area (Å²) in [6, 6.07) is 6.84. The minimum absolute atomic E-state index is 0.170. The predicted octanol–water partition coefficient (Wildman–Crippen LogP) is 3.96. The van der Waals surface area contributed by atoms with Crippen molar-refractivity contribution in [2.75, 3.05) is 12.4 Å². The van der Waals surface area contributed by atoms with E-state index < -0.39 is 0 Å². The Balaban J connectivity index is 2.19. The van der Waals surface area contributed by atoms with E-state index >= 15 is 0 Å². The number of halogens is 2. The number of nitrogens with one attached hydrogen (secondary N) is 1. The van der Waals surface area contributed by atoms with E-state index in [1.54, 1.807) is 19.2 Å². The average molecular weight is 311 g/mol. The highest BCUT2D eigenvalue weighted by molar-refractivity contribution is 6.41. The average Bonchev–Trinajstić information content (AvgIpc) is 2.42. The summed E-state index contributed by atoms with van der Waals surface area (Å²) in [5.74, 6) is 0.458. The normalized spacial score (nSPS) is 10.2. The van der Waals surface area contributed by atoms with E-state index in [0.29, 0.717) is 11.3 Å². The van der Waals surface area contributed by atoms with Crippen molar-refractivity contribution < 1.29 is 9.53 Å². The van der Waals surface area contributed by atoms with Crippen LogP contribution in [0, 0.1) is 6.92 Å². The topological polar surface area (TPSA) is 51.2 Å². The first-order valence-corrected chi connectivity index (χ1v) is 6.54. The van der Waals surface area contributed by atoms with Crippen LogP contribution >= 0.6 is 23.2 Å². The van der Waals surface area contributed by atoms with Gasteiger partial charge < -0.3 is 10.1 Å². The maximum Gasteiger partial charge on any atom is 0.257 e. The van der Waals surface area contributed by atoms with Crippen LogP contribution < -0.4 is 10.1 Å². The quantitative estimate of drug-likeness (QED) is 0.873. The van der Waals surface area contributed by atoms with Gasteiger partial charge in [0, 0.05) is 11.9 Å². The maximum atomic E-state index is 12.1. The van der Waals surface area contributed by atoms with E-state index in [1.807, 2.05) is 13.0 Å². The molecule has 1 aromatic carbocycles. The van der Waals surface area contributed by atoms with Gasteiger partial charge >= 0.3 is 0 Å². The molecule has 20 heavy (non-hydrogen) atoms. The third-order valence-electron chi connectivity index (χ3n) is 2.71. The smallest absolute Gasteiger partial charge is 0.257 e. The molecule has 0 unspecified atom stereocenters. The Kier molecular flexibility index (Phi) is 4.47. The fraction of sp³-hybridized carbons (Fsp3) is 0.143. The lowest BCUT2D eigenvalue weighted by Crippen LogP contribution is -2.12. The van der Waals surface area contributed by atoms with Crippen molar-refractivity contribution >= 4 is 34.8 Å². The molecule has 4 nitrogen and oxygen atoms in total. The number of anilines is 1. The van der Waals surface area contributed by atoms with E-state index in [9.17, 15) is 4.79 Å². The molecule has 0 saturated carbocycles. The highest BCUT2D eigenvalue weighted by atomic mass is 35.5. The number of rotatable bonds is 3. The third kappa shape index (κ3) is 3.21. The van der Waals surface area contributed by atoms with Crippen LogP contribution in [0.5, 0.6) is 5.75 Å². The molecule has 6 heteroatoms. The fourth-order valence-corrected chi connectivity index (χ4v) is 1.97. The summed E-state index contributed by atoms with van der Waals surface area (Å²) in [6.07, 6.45) is 1.37. The fourth-order valence-electron chi connectivity index (χ4n) is 1.70. The summed E-state index contributed by atoms with van der Waals surface area (Å²) in [4.78, 5) is 15.9. The van der Waals surface area contributed by atoms with Gasteiger partial charge in [-0.15, -0.1) is 0 Å². The molecular formula is C14H12Cl2N2O2. The van der Waals surface area contributed by atoms with E-state index in [4.69, 9.17) is 27.9 Å². The van der Waals surface area contributed by atoms with Crippen molar-refractivity contribution in [2.45, 2.75) is 6.92 Å². The molecule has 0 radical (unpaired) electrons. The maximum absolute atomic E-state index is 12.1. The number of benzene rings is 1. The van der Waals surface area contributed by atoms with Crippen LogP contribution in [0.25, 0.3) is 0 Å². The molecule has 0 atom stereocenters. The van der Waals surface area contributed by atoms with Crippen LogP contribution in [0.1, 0.15) is 15.9 Å². The molecule has 1 N–H and O–H groups in total. The number of aryl methyl sites for hydroxylation is 1. The summed E-state index contributed by atoms with van der Waals surface area (Å²) >= 11 is 11.5. The zero-order valence-corrected chi connectivity index (χ0v) is 12.4. The molecule has 0 fully saturated rings. The highest BCUT2D eigenvalue weighted by Gasteiger charge is 2.10. The summed E-state index contributed by atoms with van der Waals surface area (Å²) in [5.41, 5.74) is 1.94. The molecule has 0 bridgehead atoms. The molecule has 1 amide bonds. The Hall–Kier alpha value is -1.78. The molecule has 0 aliphatic heterocycles. The van der Waals surface area contributed by atoms with Crippen molar-refractivity contribution in [3.63, 3.8) is 0 Å². The van der Waals surface area contributed by atoms with Crippen molar-refractivity contribution in [3.05, 3.63) is 51.8 Å². The zero-order valence-electron chi connectivity index (χ0n) is 10.9. The Morgan fingerprint density at radius 1 is 1.30 bits per heavy atom. The van der Waals surface area contributed by atoms with E-state index in [-0.39, 0.29) is 16.1 Å². The molecule has 2 rings (SSSR count). The van der Waals surface area contributed by atoms with Gasteiger partial charge in [-0.05, 0) is 36.8 Å². The van der Waals surface area contributed by atoms with E-state index in [0.717, 1.165) is 11.3 Å². The Labute approximate surface area is 126 Å². The second-order valence-electron chi connectivity index (χ2n) is 4.14. The number of aromatic nitrogens is 1. The zero-order chi connectivity index (χ0) is 14.7. The van der Waals surface area contributed by atoms with Crippen LogP contribution in [0.3, 0.4) is 0 Å². The van der Waals surface area contributed by atoms with Gasteiger partial charge in [-0.3, -0.25) is 4.79 Å². The first kappa shape index (κ1) is 14.6. The Morgan fingerprint density at radius 2 is 2.05 bits per heavy atom. The van der Waals surface area contributed by atoms with Crippen molar-refractivity contribution in [1.82, 2.24) is 4.98 Å². The van der Waals surface area contributed by atoms with Gasteiger partial charge in [0.2, 0.25) is 0 Å². The molecule has 0 aliphatic carbocycles. The summed E-state index contributed by atoms with van der Waals surface area (Å²) in [5, 5.41) is 3.17. The predicted molar refractivity (Wildman–Crippen MR) is 79.9 cm³/mol. The minimum Gasteiger partial charge on any atom is -0.496 e. The van der Waals surface area contributed by atoms with Crippen molar-refractivity contribution in [1.29, 1.82) is 0 Å². The number of methoxy groups -OCH3 is 1. The van der Waals surface area contributed by atoms with Gasteiger partial charge in [-0.25, -0.2) is 4.98 Å². The van der Waals surface area contributed by atoms with Gasteiger partial charge in [-0.1, -0.05) is 23.2 Å². The van der Waals surface area contributed by atoms with Gasteiger partial charge in [0.05, 0.1) is 17.7 Å². The first-order chi connectivity index (χ1) is 9.51. The molecule has 2 aromatic rings. The molecule has 1 aromatic heterocycles. The Bertz CT molecular complexity index is 660.